The fourth-order valence-electron chi connectivity index (χ4n) is 2.82. The van der Waals surface area contributed by atoms with E-state index in [-0.39, 0.29) is 11.6 Å². The first kappa shape index (κ1) is 17.0. The predicted molar refractivity (Wildman–Crippen MR) is 91.3 cm³/mol. The van der Waals surface area contributed by atoms with Crippen LogP contribution in [0.4, 0.5) is 13.2 Å². The molecule has 1 atom stereocenters. The van der Waals surface area contributed by atoms with E-state index in [0.29, 0.717) is 0 Å². The van der Waals surface area contributed by atoms with E-state index in [1.165, 1.54) is 12.1 Å². The Morgan fingerprint density at radius 1 is 0.960 bits per heavy atom. The maximum Gasteiger partial charge on any atom is 0.416 e. The zero-order chi connectivity index (χ0) is 18.0. The number of carbonyl (C=O) groups excluding carboxylic acids is 1. The lowest BCUT2D eigenvalue weighted by Gasteiger charge is -2.17. The molecule has 2 nitrogen and oxygen atoms in total. The van der Waals surface area contributed by atoms with Crippen molar-refractivity contribution >= 4 is 16.7 Å². The first-order valence-corrected chi connectivity index (χ1v) is 7.82. The molecule has 0 aliphatic carbocycles. The Bertz CT molecular complexity index is 913. The normalized spacial score (nSPS) is 12.8. The Morgan fingerprint density at radius 2 is 1.64 bits per heavy atom. The van der Waals surface area contributed by atoms with E-state index < -0.39 is 17.6 Å². The standard InChI is InChI=1S/C20H16F3NO/c1-13(17-11-5-7-14-6-2-3-10-18(14)17)24-19(25)15-8-4-9-16(12-15)20(21,22)23/h2-13H,1H3,(H,24,25)/t13-/m1/s1. The molecule has 3 aromatic carbocycles. The molecule has 1 N–H and O–H groups in total. The number of hydrogen-bond donors (Lipinski definition) is 1. The Morgan fingerprint density at radius 3 is 2.40 bits per heavy atom. The summed E-state index contributed by atoms with van der Waals surface area (Å²) in [7, 11) is 0. The first-order chi connectivity index (χ1) is 11.9. The summed E-state index contributed by atoms with van der Waals surface area (Å²) in [5.41, 5.74) is 0.0679. The highest BCUT2D eigenvalue weighted by atomic mass is 19.4. The second-order valence-electron chi connectivity index (χ2n) is 5.84. The number of amides is 1. The molecular weight excluding hydrogens is 327 g/mol. The van der Waals surface area contributed by atoms with Crippen LogP contribution in [0.1, 0.15) is 34.5 Å². The van der Waals surface area contributed by atoms with E-state index in [0.717, 1.165) is 28.5 Å². The lowest BCUT2D eigenvalue weighted by Crippen LogP contribution is -2.27. The van der Waals surface area contributed by atoms with Crippen molar-refractivity contribution < 1.29 is 18.0 Å². The number of nitrogens with one attached hydrogen (secondary N) is 1. The average Bonchev–Trinajstić information content (AvgIpc) is 2.60. The van der Waals surface area contributed by atoms with Crippen LogP contribution in [0, 0.1) is 0 Å². The van der Waals surface area contributed by atoms with Gasteiger partial charge in [-0.2, -0.15) is 13.2 Å². The topological polar surface area (TPSA) is 29.1 Å². The number of carbonyl (C=O) groups is 1. The van der Waals surface area contributed by atoms with Crippen molar-refractivity contribution in [1.29, 1.82) is 0 Å². The number of halogens is 3. The van der Waals surface area contributed by atoms with Gasteiger partial charge < -0.3 is 5.32 Å². The van der Waals surface area contributed by atoms with Crippen LogP contribution in [0.2, 0.25) is 0 Å². The van der Waals surface area contributed by atoms with Gasteiger partial charge in [-0.25, -0.2) is 0 Å². The molecule has 0 aliphatic heterocycles. The molecule has 25 heavy (non-hydrogen) atoms. The number of alkyl halides is 3. The summed E-state index contributed by atoms with van der Waals surface area (Å²) in [5, 5.41) is 4.82. The van der Waals surface area contributed by atoms with E-state index in [1.54, 1.807) is 0 Å². The number of rotatable bonds is 3. The molecule has 0 bridgehead atoms. The third-order valence-corrected chi connectivity index (χ3v) is 4.09. The zero-order valence-electron chi connectivity index (χ0n) is 13.5. The molecule has 1 amide bonds. The van der Waals surface area contributed by atoms with Crippen molar-refractivity contribution in [2.75, 3.05) is 0 Å². The highest BCUT2D eigenvalue weighted by molar-refractivity contribution is 5.95. The van der Waals surface area contributed by atoms with Crippen molar-refractivity contribution in [3.8, 4) is 0 Å². The van der Waals surface area contributed by atoms with Gasteiger partial charge in [0.2, 0.25) is 0 Å². The molecule has 128 valence electrons. The molecule has 0 unspecified atom stereocenters. The summed E-state index contributed by atoms with van der Waals surface area (Å²) in [6.45, 7) is 1.81. The lowest BCUT2D eigenvalue weighted by molar-refractivity contribution is -0.137. The Kier molecular flexibility index (Phi) is 4.49. The molecule has 3 rings (SSSR count). The van der Waals surface area contributed by atoms with Gasteiger partial charge in [-0.1, -0.05) is 48.5 Å². The Balaban J connectivity index is 1.85. The second-order valence-corrected chi connectivity index (χ2v) is 5.84. The minimum Gasteiger partial charge on any atom is -0.345 e. The van der Waals surface area contributed by atoms with Crippen LogP contribution in [-0.2, 0) is 6.18 Å². The van der Waals surface area contributed by atoms with E-state index >= 15 is 0 Å². The minimum atomic E-state index is -4.47. The van der Waals surface area contributed by atoms with Crippen LogP contribution >= 0.6 is 0 Å². The molecule has 0 saturated heterocycles. The molecule has 0 aliphatic rings. The molecule has 0 radical (unpaired) electrons. The van der Waals surface area contributed by atoms with Crippen LogP contribution in [0.5, 0.6) is 0 Å². The smallest absolute Gasteiger partial charge is 0.345 e. The summed E-state index contributed by atoms with van der Waals surface area (Å²) in [4.78, 5) is 12.4. The average molecular weight is 343 g/mol. The molecule has 0 heterocycles. The fraction of sp³-hybridized carbons (Fsp3) is 0.150. The number of hydrogen-bond acceptors (Lipinski definition) is 1. The Labute approximate surface area is 143 Å². The molecule has 3 aromatic rings. The molecule has 0 spiro atoms. The van der Waals surface area contributed by atoms with Crippen LogP contribution in [0.15, 0.2) is 66.7 Å². The van der Waals surface area contributed by atoms with Gasteiger partial charge in [0.05, 0.1) is 11.6 Å². The van der Waals surface area contributed by atoms with Gasteiger partial charge in [-0.05, 0) is 41.5 Å². The lowest BCUT2D eigenvalue weighted by atomic mass is 9.99. The summed E-state index contributed by atoms with van der Waals surface area (Å²) in [6, 6.07) is 17.6. The molecule has 0 fully saturated rings. The van der Waals surface area contributed by atoms with Gasteiger partial charge in [0.25, 0.3) is 5.91 Å². The predicted octanol–water partition coefficient (Wildman–Crippen LogP) is 5.35. The quantitative estimate of drug-likeness (QED) is 0.682. The minimum absolute atomic E-state index is 0.0121. The third kappa shape index (κ3) is 3.65. The number of fused-ring (bicyclic) bond motifs is 1. The fourth-order valence-corrected chi connectivity index (χ4v) is 2.82. The summed E-state index contributed by atoms with van der Waals surface area (Å²) in [5.74, 6) is -0.536. The van der Waals surface area contributed by atoms with Crippen molar-refractivity contribution in [2.24, 2.45) is 0 Å². The largest absolute Gasteiger partial charge is 0.416 e. The summed E-state index contributed by atoms with van der Waals surface area (Å²) >= 11 is 0. The highest BCUT2D eigenvalue weighted by Gasteiger charge is 2.31. The van der Waals surface area contributed by atoms with Crippen molar-refractivity contribution in [1.82, 2.24) is 5.32 Å². The van der Waals surface area contributed by atoms with E-state index in [2.05, 4.69) is 5.32 Å². The zero-order valence-corrected chi connectivity index (χ0v) is 13.5. The van der Waals surface area contributed by atoms with Crippen LogP contribution in [0.3, 0.4) is 0 Å². The van der Waals surface area contributed by atoms with E-state index in [4.69, 9.17) is 0 Å². The van der Waals surface area contributed by atoms with Crippen molar-refractivity contribution in [3.05, 3.63) is 83.4 Å². The molecule has 0 aromatic heterocycles. The Hall–Kier alpha value is -2.82. The van der Waals surface area contributed by atoms with Gasteiger partial charge >= 0.3 is 6.18 Å². The highest BCUT2D eigenvalue weighted by Crippen LogP contribution is 2.30. The van der Waals surface area contributed by atoms with Gasteiger partial charge in [-0.3, -0.25) is 4.79 Å². The van der Waals surface area contributed by atoms with Crippen LogP contribution < -0.4 is 5.32 Å². The van der Waals surface area contributed by atoms with Crippen LogP contribution in [0.25, 0.3) is 10.8 Å². The monoisotopic (exact) mass is 343 g/mol. The van der Waals surface area contributed by atoms with Crippen LogP contribution in [-0.4, -0.2) is 5.91 Å². The van der Waals surface area contributed by atoms with E-state index in [9.17, 15) is 18.0 Å². The van der Waals surface area contributed by atoms with Crippen molar-refractivity contribution in [3.63, 3.8) is 0 Å². The van der Waals surface area contributed by atoms with Gasteiger partial charge in [0.15, 0.2) is 0 Å². The first-order valence-electron chi connectivity index (χ1n) is 7.82. The maximum absolute atomic E-state index is 12.8. The SMILES string of the molecule is C[C@@H](NC(=O)c1cccc(C(F)(F)F)c1)c1cccc2ccccc12. The maximum atomic E-state index is 12.8. The molecule has 5 heteroatoms. The molecular formula is C20H16F3NO. The summed E-state index contributed by atoms with van der Waals surface area (Å²) < 4.78 is 38.4. The van der Waals surface area contributed by atoms with Gasteiger partial charge in [0, 0.05) is 5.56 Å². The van der Waals surface area contributed by atoms with Crippen molar-refractivity contribution in [2.45, 2.75) is 19.1 Å². The third-order valence-electron chi connectivity index (χ3n) is 4.09. The second kappa shape index (κ2) is 6.59. The summed E-state index contributed by atoms with van der Waals surface area (Å²) in [6.07, 6.45) is -4.47. The van der Waals surface area contributed by atoms with Gasteiger partial charge in [-0.15, -0.1) is 0 Å². The van der Waals surface area contributed by atoms with E-state index in [1.807, 2.05) is 49.4 Å². The molecule has 0 saturated carbocycles. The van der Waals surface area contributed by atoms with Gasteiger partial charge in [0.1, 0.15) is 0 Å². The number of benzene rings is 3.